The standard InChI is InChI=1S/C46H55N7O4/c1-28(2)39(51-44(56)57-4)43(55)53-27-45(18-19-45)23-37(53)40-47-25-36(50-40)33-15-12-30(13-16-33)10-11-31-14-17-34-35(22-31)49-41(48-34)38-24-46(20-21-46)26-52(38)42(54)29(3)32-8-6-5-7-9-32/h12-17,22,25,28-29,32,37-39H,5-9,18-21,23-24,26-27H2,1-4H3,(H,47,50)(H,48,49)(H,51,56)/t29-,37+,38+,39+/m1/s1. The first-order valence-corrected chi connectivity index (χ1v) is 21.2. The molecule has 4 atom stereocenters. The van der Waals surface area contributed by atoms with E-state index in [1.54, 1.807) is 0 Å². The minimum Gasteiger partial charge on any atom is -0.453 e. The summed E-state index contributed by atoms with van der Waals surface area (Å²) in [5, 5.41) is 2.75. The summed E-state index contributed by atoms with van der Waals surface area (Å²) in [6.07, 6.45) is 13.8. The van der Waals surface area contributed by atoms with E-state index in [-0.39, 0.29) is 40.7 Å². The van der Waals surface area contributed by atoms with Crippen molar-refractivity contribution in [1.82, 2.24) is 35.1 Å². The second-order valence-electron chi connectivity index (χ2n) is 18.3. The first-order chi connectivity index (χ1) is 27.5. The Bertz CT molecular complexity index is 2230. The predicted octanol–water partition coefficient (Wildman–Crippen LogP) is 8.06. The lowest BCUT2D eigenvalue weighted by molar-refractivity contribution is -0.138. The predicted molar refractivity (Wildman–Crippen MR) is 217 cm³/mol. The molecule has 0 unspecified atom stereocenters. The lowest BCUT2D eigenvalue weighted by atomic mass is 9.80. The molecular formula is C46H55N7O4. The Labute approximate surface area is 335 Å². The number of nitrogens with one attached hydrogen (secondary N) is 3. The van der Waals surface area contributed by atoms with Gasteiger partial charge in [-0.15, -0.1) is 0 Å². The van der Waals surface area contributed by atoms with Crippen molar-refractivity contribution in [2.75, 3.05) is 20.2 Å². The van der Waals surface area contributed by atoms with Gasteiger partial charge in [-0.05, 0) is 110 Å². The molecule has 11 heteroatoms. The number of rotatable bonds is 8. The Morgan fingerprint density at radius 2 is 1.46 bits per heavy atom. The largest absolute Gasteiger partial charge is 0.453 e. The summed E-state index contributed by atoms with van der Waals surface area (Å²) in [7, 11) is 1.31. The van der Waals surface area contributed by atoms with Crippen LogP contribution in [-0.2, 0) is 14.3 Å². The molecule has 3 aliphatic carbocycles. The molecule has 9 rings (SSSR count). The van der Waals surface area contributed by atoms with Crippen molar-refractivity contribution in [2.45, 2.75) is 110 Å². The van der Waals surface area contributed by atoms with E-state index in [9.17, 15) is 14.4 Å². The number of ether oxygens (including phenoxy) is 1. The van der Waals surface area contributed by atoms with E-state index in [0.717, 1.165) is 77.3 Å². The van der Waals surface area contributed by atoms with Crippen molar-refractivity contribution in [2.24, 2.45) is 28.6 Å². The highest BCUT2D eigenvalue weighted by molar-refractivity contribution is 5.86. The Morgan fingerprint density at radius 1 is 0.825 bits per heavy atom. The maximum atomic E-state index is 14.0. The number of amides is 3. The summed E-state index contributed by atoms with van der Waals surface area (Å²) < 4.78 is 4.81. The quantitative estimate of drug-likeness (QED) is 0.155. The average Bonchev–Trinajstić information content (AvgIpc) is 3.84. The third-order valence-corrected chi connectivity index (χ3v) is 13.9. The first kappa shape index (κ1) is 37.5. The van der Waals surface area contributed by atoms with Gasteiger partial charge in [-0.2, -0.15) is 0 Å². The number of carbonyl (C=O) groups excluding carboxylic acids is 3. The van der Waals surface area contributed by atoms with Gasteiger partial charge in [-0.25, -0.2) is 14.8 Å². The van der Waals surface area contributed by atoms with Gasteiger partial charge in [-0.1, -0.05) is 64.0 Å². The van der Waals surface area contributed by atoms with Gasteiger partial charge in [0.1, 0.15) is 17.7 Å². The second kappa shape index (κ2) is 14.7. The van der Waals surface area contributed by atoms with Crippen LogP contribution in [0.25, 0.3) is 22.3 Å². The smallest absolute Gasteiger partial charge is 0.407 e. The van der Waals surface area contributed by atoms with Gasteiger partial charge in [0.2, 0.25) is 11.8 Å². The van der Waals surface area contributed by atoms with Crippen LogP contribution in [0.2, 0.25) is 0 Å². The molecule has 3 saturated carbocycles. The zero-order valence-corrected chi connectivity index (χ0v) is 33.7. The van der Waals surface area contributed by atoms with E-state index in [1.807, 2.05) is 61.3 Å². The molecule has 4 aromatic rings. The number of carbonyl (C=O) groups is 3. The van der Waals surface area contributed by atoms with Gasteiger partial charge in [0.15, 0.2) is 0 Å². The van der Waals surface area contributed by atoms with Crippen LogP contribution in [0.4, 0.5) is 4.79 Å². The molecule has 2 aromatic carbocycles. The monoisotopic (exact) mass is 769 g/mol. The molecular weight excluding hydrogens is 715 g/mol. The van der Waals surface area contributed by atoms with Crippen LogP contribution in [0.5, 0.6) is 0 Å². The summed E-state index contributed by atoms with van der Waals surface area (Å²) in [6, 6.07) is 13.4. The van der Waals surface area contributed by atoms with Crippen molar-refractivity contribution in [1.29, 1.82) is 0 Å². The van der Waals surface area contributed by atoms with Crippen molar-refractivity contribution in [3.05, 3.63) is 71.4 Å². The van der Waals surface area contributed by atoms with Gasteiger partial charge in [-0.3, -0.25) is 9.59 Å². The van der Waals surface area contributed by atoms with E-state index in [4.69, 9.17) is 14.7 Å². The van der Waals surface area contributed by atoms with Gasteiger partial charge in [0, 0.05) is 30.1 Å². The third kappa shape index (κ3) is 7.44. The van der Waals surface area contributed by atoms with E-state index >= 15 is 0 Å². The van der Waals surface area contributed by atoms with E-state index in [1.165, 1.54) is 52.1 Å². The van der Waals surface area contributed by atoms with E-state index in [0.29, 0.717) is 18.4 Å². The lowest BCUT2D eigenvalue weighted by Crippen LogP contribution is -2.51. The van der Waals surface area contributed by atoms with Crippen molar-refractivity contribution in [3.63, 3.8) is 0 Å². The molecule has 2 spiro atoms. The van der Waals surface area contributed by atoms with Crippen LogP contribution in [0.15, 0.2) is 48.7 Å². The summed E-state index contributed by atoms with van der Waals surface area (Å²) in [5.41, 5.74) is 5.91. The Hall–Kier alpha value is -5.11. The fraction of sp³-hybridized carbons (Fsp3) is 0.543. The van der Waals surface area contributed by atoms with Crippen LogP contribution < -0.4 is 5.32 Å². The van der Waals surface area contributed by atoms with Crippen LogP contribution in [0, 0.1) is 40.4 Å². The number of nitrogens with zero attached hydrogens (tertiary/aromatic N) is 4. The topological polar surface area (TPSA) is 136 Å². The molecule has 11 nitrogen and oxygen atoms in total. The zero-order chi connectivity index (χ0) is 39.5. The molecule has 3 amide bonds. The fourth-order valence-electron chi connectivity index (χ4n) is 9.91. The number of benzene rings is 2. The number of aromatic nitrogens is 4. The van der Waals surface area contributed by atoms with Crippen LogP contribution >= 0.6 is 0 Å². The number of alkyl carbamates (subject to hydrolysis) is 1. The Kier molecular flexibility index (Phi) is 9.65. The second-order valence-corrected chi connectivity index (χ2v) is 18.3. The average molecular weight is 770 g/mol. The van der Waals surface area contributed by atoms with Crippen LogP contribution in [-0.4, -0.2) is 73.9 Å². The highest BCUT2D eigenvalue weighted by Crippen LogP contribution is 2.59. The van der Waals surface area contributed by atoms with Gasteiger partial charge in [0.25, 0.3) is 0 Å². The first-order valence-electron chi connectivity index (χ1n) is 21.2. The van der Waals surface area contributed by atoms with E-state index < -0.39 is 12.1 Å². The normalized spacial score (nSPS) is 23.1. The molecule has 3 N–H and O–H groups in total. The van der Waals surface area contributed by atoms with Crippen molar-refractivity contribution in [3.8, 4) is 23.1 Å². The number of aromatic amines is 2. The van der Waals surface area contributed by atoms with Crippen molar-refractivity contribution >= 4 is 28.9 Å². The number of H-pyrrole nitrogens is 2. The molecule has 4 heterocycles. The summed E-state index contributed by atoms with van der Waals surface area (Å²) in [6.45, 7) is 7.55. The molecule has 5 aliphatic rings. The highest BCUT2D eigenvalue weighted by atomic mass is 16.5. The van der Waals surface area contributed by atoms with Crippen molar-refractivity contribution < 1.29 is 19.1 Å². The Morgan fingerprint density at radius 3 is 2.11 bits per heavy atom. The number of hydrogen-bond acceptors (Lipinski definition) is 6. The molecule has 298 valence electrons. The number of imidazole rings is 2. The fourth-order valence-corrected chi connectivity index (χ4v) is 9.91. The number of likely N-dealkylation sites (tertiary alicyclic amines) is 2. The number of fused-ring (bicyclic) bond motifs is 1. The molecule has 0 bridgehead atoms. The Balaban J connectivity index is 0.880. The van der Waals surface area contributed by atoms with Gasteiger partial charge in [0.05, 0.1) is 42.1 Å². The summed E-state index contributed by atoms with van der Waals surface area (Å²) >= 11 is 0. The third-order valence-electron chi connectivity index (χ3n) is 13.9. The van der Waals surface area contributed by atoms with Crippen LogP contribution in [0.3, 0.4) is 0 Å². The number of methoxy groups -OCH3 is 1. The molecule has 2 saturated heterocycles. The minimum absolute atomic E-state index is 0.000522. The van der Waals surface area contributed by atoms with Crippen LogP contribution in [0.1, 0.15) is 126 Å². The maximum absolute atomic E-state index is 14.0. The molecule has 5 fully saturated rings. The minimum atomic E-state index is -0.676. The molecule has 0 radical (unpaired) electrons. The maximum Gasteiger partial charge on any atom is 0.407 e. The SMILES string of the molecule is COC(=O)N[C@H](C(=O)N1CC2(CC2)C[C@H]1c1ncc(-c2ccc(C#Cc3ccc4nc([C@@H]5CC6(CC6)CN5C(=O)[C@H](C)C5CCCCC5)[nH]c4c3)cc2)[nH]1)C(C)C. The summed E-state index contributed by atoms with van der Waals surface area (Å²) in [5.74, 6) is 9.01. The molecule has 57 heavy (non-hydrogen) atoms. The van der Waals surface area contributed by atoms with Gasteiger partial charge >= 0.3 is 6.09 Å². The zero-order valence-electron chi connectivity index (χ0n) is 33.7. The molecule has 2 aliphatic heterocycles. The van der Waals surface area contributed by atoms with E-state index in [2.05, 4.69) is 45.0 Å². The summed E-state index contributed by atoms with van der Waals surface area (Å²) in [4.78, 5) is 60.9. The van der Waals surface area contributed by atoms with Gasteiger partial charge < -0.3 is 29.8 Å². The highest BCUT2D eigenvalue weighted by Gasteiger charge is 2.56. The lowest BCUT2D eigenvalue weighted by Gasteiger charge is -2.32. The number of hydrogen-bond donors (Lipinski definition) is 3. The molecule has 2 aromatic heterocycles.